The molecule has 1 saturated heterocycles. The van der Waals surface area contributed by atoms with Gasteiger partial charge in [0.2, 0.25) is 5.91 Å². The molecule has 0 spiro atoms. The number of nitrogens with zero attached hydrogens (tertiary/aromatic N) is 1. The molecular formula is C23H25NO4. The third-order valence-corrected chi connectivity index (χ3v) is 5.09. The van der Waals surface area contributed by atoms with Gasteiger partial charge < -0.3 is 14.4 Å². The molecule has 1 aliphatic heterocycles. The van der Waals surface area contributed by atoms with Gasteiger partial charge >= 0.3 is 0 Å². The van der Waals surface area contributed by atoms with Crippen LogP contribution in [0, 0.1) is 5.92 Å². The quantitative estimate of drug-likeness (QED) is 0.565. The molecule has 1 fully saturated rings. The lowest BCUT2D eigenvalue weighted by Gasteiger charge is -2.30. The molecule has 2 aromatic rings. The Morgan fingerprint density at radius 3 is 1.96 bits per heavy atom. The van der Waals surface area contributed by atoms with Crippen LogP contribution in [-0.2, 0) is 4.79 Å². The van der Waals surface area contributed by atoms with Gasteiger partial charge in [0, 0.05) is 30.6 Å². The van der Waals surface area contributed by atoms with Crippen LogP contribution >= 0.6 is 0 Å². The van der Waals surface area contributed by atoms with Gasteiger partial charge in [0.05, 0.1) is 14.2 Å². The van der Waals surface area contributed by atoms with Crippen LogP contribution in [-0.4, -0.2) is 43.9 Å². The van der Waals surface area contributed by atoms with Crippen LogP contribution in [0.4, 0.5) is 0 Å². The van der Waals surface area contributed by atoms with Gasteiger partial charge in [-0.2, -0.15) is 0 Å². The van der Waals surface area contributed by atoms with Crippen LogP contribution in [0.15, 0.2) is 54.6 Å². The SMILES string of the molecule is COc1ccc(/C=C/C(=O)N2CCC(C(=O)c3ccc(OC)cc3)CC2)cc1. The molecule has 146 valence electrons. The first-order valence-electron chi connectivity index (χ1n) is 9.40. The van der Waals surface area contributed by atoms with E-state index in [2.05, 4.69) is 0 Å². The van der Waals surface area contributed by atoms with Crippen molar-refractivity contribution in [1.29, 1.82) is 0 Å². The Morgan fingerprint density at radius 1 is 0.893 bits per heavy atom. The normalized spacial score (nSPS) is 14.9. The van der Waals surface area contributed by atoms with Gasteiger partial charge in [0.1, 0.15) is 11.5 Å². The van der Waals surface area contributed by atoms with Gasteiger partial charge in [-0.05, 0) is 60.9 Å². The number of likely N-dealkylation sites (tertiary alicyclic amines) is 1. The van der Waals surface area contributed by atoms with E-state index in [1.165, 1.54) is 0 Å². The predicted molar refractivity (Wildman–Crippen MR) is 109 cm³/mol. The van der Waals surface area contributed by atoms with Gasteiger partial charge in [0.25, 0.3) is 0 Å². The molecular weight excluding hydrogens is 354 g/mol. The van der Waals surface area contributed by atoms with Crippen LogP contribution in [0.1, 0.15) is 28.8 Å². The zero-order chi connectivity index (χ0) is 19.9. The molecule has 0 radical (unpaired) electrons. The fourth-order valence-corrected chi connectivity index (χ4v) is 3.34. The minimum Gasteiger partial charge on any atom is -0.497 e. The Morgan fingerprint density at radius 2 is 1.43 bits per heavy atom. The van der Waals surface area contributed by atoms with Crippen molar-refractivity contribution in [3.05, 3.63) is 65.7 Å². The summed E-state index contributed by atoms with van der Waals surface area (Å²) in [5.74, 6) is 1.60. The lowest BCUT2D eigenvalue weighted by molar-refractivity contribution is -0.127. The Kier molecular flexibility index (Phi) is 6.48. The minimum absolute atomic E-state index is 0.0221. The second kappa shape index (κ2) is 9.22. The molecule has 0 aromatic heterocycles. The summed E-state index contributed by atoms with van der Waals surface area (Å²) in [5.41, 5.74) is 1.64. The van der Waals surface area contributed by atoms with E-state index >= 15 is 0 Å². The second-order valence-corrected chi connectivity index (χ2v) is 6.80. The predicted octanol–water partition coefficient (Wildman–Crippen LogP) is 3.84. The summed E-state index contributed by atoms with van der Waals surface area (Å²) in [6.07, 6.45) is 4.77. The third kappa shape index (κ3) is 4.80. The fourth-order valence-electron chi connectivity index (χ4n) is 3.34. The van der Waals surface area contributed by atoms with Crippen LogP contribution in [0.3, 0.4) is 0 Å². The fraction of sp³-hybridized carbons (Fsp3) is 0.304. The van der Waals surface area contributed by atoms with Crippen LogP contribution < -0.4 is 9.47 Å². The Balaban J connectivity index is 1.52. The average molecular weight is 379 g/mol. The zero-order valence-corrected chi connectivity index (χ0v) is 16.3. The summed E-state index contributed by atoms with van der Waals surface area (Å²) in [7, 11) is 3.23. The molecule has 0 atom stereocenters. The molecule has 5 nitrogen and oxygen atoms in total. The second-order valence-electron chi connectivity index (χ2n) is 6.80. The molecule has 2 aromatic carbocycles. The number of benzene rings is 2. The van der Waals surface area contributed by atoms with Crippen LogP contribution in [0.5, 0.6) is 11.5 Å². The standard InChI is InChI=1S/C23H25NO4/c1-27-20-8-3-17(4-9-20)5-12-22(25)24-15-13-19(14-16-24)23(26)18-6-10-21(28-2)11-7-18/h3-12,19H,13-16H2,1-2H3/b12-5+. The van der Waals surface area contributed by atoms with Gasteiger partial charge in [-0.15, -0.1) is 0 Å². The van der Waals surface area contributed by atoms with Gasteiger partial charge in [0.15, 0.2) is 5.78 Å². The van der Waals surface area contributed by atoms with E-state index in [-0.39, 0.29) is 17.6 Å². The number of rotatable bonds is 6. The Bertz CT molecular complexity index is 832. The van der Waals surface area contributed by atoms with E-state index in [9.17, 15) is 9.59 Å². The van der Waals surface area contributed by atoms with Crippen molar-refractivity contribution in [3.8, 4) is 11.5 Å². The molecule has 0 aliphatic carbocycles. The summed E-state index contributed by atoms with van der Waals surface area (Å²) in [5, 5.41) is 0. The number of hydrogen-bond acceptors (Lipinski definition) is 4. The number of hydrogen-bond donors (Lipinski definition) is 0. The number of piperidine rings is 1. The number of carbonyl (C=O) groups is 2. The van der Waals surface area contributed by atoms with Crippen LogP contribution in [0.2, 0.25) is 0 Å². The van der Waals surface area contributed by atoms with E-state index in [4.69, 9.17) is 9.47 Å². The summed E-state index contributed by atoms with van der Waals surface area (Å²) in [6, 6.07) is 14.7. The highest BCUT2D eigenvalue weighted by atomic mass is 16.5. The Hall–Kier alpha value is -3.08. The smallest absolute Gasteiger partial charge is 0.246 e. The first-order valence-corrected chi connectivity index (χ1v) is 9.40. The summed E-state index contributed by atoms with van der Waals surface area (Å²) < 4.78 is 10.3. The monoisotopic (exact) mass is 379 g/mol. The number of Topliss-reactive ketones (excluding diaryl/α,β-unsaturated/α-hetero) is 1. The van der Waals surface area contributed by atoms with Gasteiger partial charge in [-0.3, -0.25) is 9.59 Å². The number of amides is 1. The molecule has 1 amide bonds. The zero-order valence-electron chi connectivity index (χ0n) is 16.3. The van der Waals surface area contributed by atoms with E-state index in [1.807, 2.05) is 24.3 Å². The molecule has 0 N–H and O–H groups in total. The number of methoxy groups -OCH3 is 2. The maximum absolute atomic E-state index is 12.7. The molecule has 0 saturated carbocycles. The van der Waals surface area contributed by atoms with Crippen LogP contribution in [0.25, 0.3) is 6.08 Å². The number of ketones is 1. The number of ether oxygens (including phenoxy) is 2. The highest BCUT2D eigenvalue weighted by Crippen LogP contribution is 2.23. The molecule has 0 bridgehead atoms. The highest BCUT2D eigenvalue weighted by Gasteiger charge is 2.27. The lowest BCUT2D eigenvalue weighted by Crippen LogP contribution is -2.39. The maximum atomic E-state index is 12.7. The third-order valence-electron chi connectivity index (χ3n) is 5.09. The summed E-state index contributed by atoms with van der Waals surface area (Å²) in [4.78, 5) is 26.9. The van der Waals surface area contributed by atoms with E-state index in [0.717, 1.165) is 17.1 Å². The van der Waals surface area contributed by atoms with Crippen molar-refractivity contribution >= 4 is 17.8 Å². The maximum Gasteiger partial charge on any atom is 0.246 e. The molecule has 5 heteroatoms. The largest absolute Gasteiger partial charge is 0.497 e. The topological polar surface area (TPSA) is 55.8 Å². The highest BCUT2D eigenvalue weighted by molar-refractivity contribution is 5.98. The van der Waals surface area contributed by atoms with Crippen molar-refractivity contribution in [3.63, 3.8) is 0 Å². The lowest BCUT2D eigenvalue weighted by atomic mass is 9.89. The van der Waals surface area contributed by atoms with E-state index in [1.54, 1.807) is 55.5 Å². The van der Waals surface area contributed by atoms with Gasteiger partial charge in [-0.25, -0.2) is 0 Å². The molecule has 28 heavy (non-hydrogen) atoms. The average Bonchev–Trinajstić information content (AvgIpc) is 2.77. The minimum atomic E-state index is -0.0389. The molecule has 1 heterocycles. The Labute approximate surface area is 165 Å². The van der Waals surface area contributed by atoms with Crippen molar-refractivity contribution in [2.45, 2.75) is 12.8 Å². The molecule has 3 rings (SSSR count). The summed E-state index contributed by atoms with van der Waals surface area (Å²) >= 11 is 0. The molecule has 0 unspecified atom stereocenters. The van der Waals surface area contributed by atoms with E-state index < -0.39 is 0 Å². The van der Waals surface area contributed by atoms with Crippen molar-refractivity contribution < 1.29 is 19.1 Å². The first kappa shape index (κ1) is 19.7. The first-order chi connectivity index (χ1) is 13.6. The van der Waals surface area contributed by atoms with E-state index in [0.29, 0.717) is 31.5 Å². The van der Waals surface area contributed by atoms with Crippen molar-refractivity contribution in [2.24, 2.45) is 5.92 Å². The van der Waals surface area contributed by atoms with Gasteiger partial charge in [-0.1, -0.05) is 12.1 Å². The van der Waals surface area contributed by atoms with Crippen molar-refractivity contribution in [2.75, 3.05) is 27.3 Å². The summed E-state index contributed by atoms with van der Waals surface area (Å²) in [6.45, 7) is 1.19. The number of carbonyl (C=O) groups excluding carboxylic acids is 2. The molecule has 1 aliphatic rings. The van der Waals surface area contributed by atoms with Crippen molar-refractivity contribution in [1.82, 2.24) is 4.90 Å².